The first-order valence-corrected chi connectivity index (χ1v) is 12.5. The number of benzene rings is 1. The second-order valence-corrected chi connectivity index (χ2v) is 10.1. The van der Waals surface area contributed by atoms with Crippen molar-refractivity contribution >= 4 is 40.3 Å². The van der Waals surface area contributed by atoms with Gasteiger partial charge in [-0.3, -0.25) is 14.7 Å². The van der Waals surface area contributed by atoms with Crippen molar-refractivity contribution in [1.82, 2.24) is 19.7 Å². The van der Waals surface area contributed by atoms with E-state index in [0.717, 1.165) is 0 Å². The summed E-state index contributed by atoms with van der Waals surface area (Å²) >= 11 is 1.39. The number of aromatic nitrogens is 4. The molecule has 36 heavy (non-hydrogen) atoms. The molecule has 9 nitrogen and oxygen atoms in total. The Morgan fingerprint density at radius 2 is 1.92 bits per heavy atom. The fraction of sp³-hybridized carbons (Fsp3) is 0.320. The van der Waals surface area contributed by atoms with E-state index < -0.39 is 11.8 Å². The van der Waals surface area contributed by atoms with E-state index >= 15 is 0 Å². The first-order valence-electron chi connectivity index (χ1n) is 11.3. The highest BCUT2D eigenvalue weighted by Crippen LogP contribution is 2.29. The van der Waals surface area contributed by atoms with Crippen molar-refractivity contribution < 1.29 is 13.7 Å². The number of halogens is 1. The third-order valence-electron chi connectivity index (χ3n) is 5.65. The minimum absolute atomic E-state index is 0.0795. The van der Waals surface area contributed by atoms with E-state index in [1.165, 1.54) is 23.9 Å². The molecule has 0 unspecified atom stereocenters. The van der Waals surface area contributed by atoms with Crippen LogP contribution < -0.4 is 16.2 Å². The van der Waals surface area contributed by atoms with Crippen LogP contribution in [0.25, 0.3) is 22.2 Å². The SMILES string of the molecule is CCn1c(=O)c(-c2cc(NC(=O)Nc3cc(C(C)(C)C)on3)c(F)cc2C)cc2cnc(SC)nc21. The quantitative estimate of drug-likeness (QED) is 0.266. The van der Waals surface area contributed by atoms with E-state index in [1.54, 1.807) is 29.8 Å². The van der Waals surface area contributed by atoms with Crippen LogP contribution in [0.1, 0.15) is 39.0 Å². The summed E-state index contributed by atoms with van der Waals surface area (Å²) in [5.74, 6) is 0.167. The summed E-state index contributed by atoms with van der Waals surface area (Å²) in [7, 11) is 0. The fourth-order valence-electron chi connectivity index (χ4n) is 3.74. The average molecular weight is 511 g/mol. The number of carbonyl (C=O) groups excluding carboxylic acids is 1. The summed E-state index contributed by atoms with van der Waals surface area (Å²) in [6.45, 7) is 9.82. The van der Waals surface area contributed by atoms with Gasteiger partial charge in [-0.15, -0.1) is 0 Å². The lowest BCUT2D eigenvalue weighted by Crippen LogP contribution is -2.23. The maximum absolute atomic E-state index is 14.8. The van der Waals surface area contributed by atoms with Crippen LogP contribution in [0.15, 0.2) is 44.9 Å². The molecule has 4 aromatic rings. The molecule has 188 valence electrons. The van der Waals surface area contributed by atoms with Crippen molar-refractivity contribution in [3.63, 3.8) is 0 Å². The van der Waals surface area contributed by atoms with Gasteiger partial charge in [-0.05, 0) is 49.4 Å². The maximum Gasteiger partial charge on any atom is 0.325 e. The Bertz CT molecular complexity index is 1520. The fourth-order valence-corrected chi connectivity index (χ4v) is 4.08. The lowest BCUT2D eigenvalue weighted by atomic mass is 9.93. The van der Waals surface area contributed by atoms with E-state index in [1.807, 2.05) is 34.0 Å². The first kappa shape index (κ1) is 25.4. The lowest BCUT2D eigenvalue weighted by Gasteiger charge is -2.14. The second-order valence-electron chi connectivity index (χ2n) is 9.30. The van der Waals surface area contributed by atoms with Crippen LogP contribution in [-0.4, -0.2) is 32.0 Å². The zero-order valence-corrected chi connectivity index (χ0v) is 21.7. The Kier molecular flexibility index (Phi) is 6.85. The second kappa shape index (κ2) is 9.73. The minimum Gasteiger partial charge on any atom is -0.359 e. The monoisotopic (exact) mass is 510 g/mol. The molecule has 2 amide bonds. The summed E-state index contributed by atoms with van der Waals surface area (Å²) in [5, 5.41) is 10.1. The Morgan fingerprint density at radius 3 is 2.56 bits per heavy atom. The Labute approximate surface area is 211 Å². The van der Waals surface area contributed by atoms with Crippen LogP contribution >= 0.6 is 11.8 Å². The number of urea groups is 1. The Balaban J connectivity index is 1.70. The van der Waals surface area contributed by atoms with Gasteiger partial charge in [0.15, 0.2) is 11.0 Å². The number of fused-ring (bicyclic) bond motifs is 1. The normalized spacial score (nSPS) is 11.6. The molecule has 0 radical (unpaired) electrons. The summed E-state index contributed by atoms with van der Waals surface area (Å²) in [4.78, 5) is 34.8. The number of carbonyl (C=O) groups is 1. The molecule has 3 aromatic heterocycles. The van der Waals surface area contributed by atoms with Crippen molar-refractivity contribution in [2.75, 3.05) is 16.9 Å². The van der Waals surface area contributed by atoms with Gasteiger partial charge in [0.1, 0.15) is 17.2 Å². The van der Waals surface area contributed by atoms with Crippen molar-refractivity contribution in [3.05, 3.63) is 58.0 Å². The van der Waals surface area contributed by atoms with Crippen LogP contribution in [0.5, 0.6) is 0 Å². The zero-order chi connectivity index (χ0) is 26.2. The van der Waals surface area contributed by atoms with Gasteiger partial charge >= 0.3 is 6.03 Å². The average Bonchev–Trinajstić information content (AvgIpc) is 3.29. The number of hydrogen-bond acceptors (Lipinski definition) is 7. The highest BCUT2D eigenvalue weighted by molar-refractivity contribution is 7.98. The molecule has 0 aliphatic carbocycles. The third kappa shape index (κ3) is 4.97. The number of nitrogens with zero attached hydrogens (tertiary/aromatic N) is 4. The van der Waals surface area contributed by atoms with Crippen molar-refractivity contribution in [2.24, 2.45) is 0 Å². The van der Waals surface area contributed by atoms with Gasteiger partial charge in [-0.25, -0.2) is 19.2 Å². The molecule has 0 aliphatic rings. The summed E-state index contributed by atoms with van der Waals surface area (Å²) in [6, 6.07) is 5.35. The van der Waals surface area contributed by atoms with Gasteiger partial charge in [0.25, 0.3) is 5.56 Å². The molecule has 0 saturated heterocycles. The highest BCUT2D eigenvalue weighted by atomic mass is 32.2. The predicted octanol–water partition coefficient (Wildman–Crippen LogP) is 5.58. The van der Waals surface area contributed by atoms with Gasteiger partial charge in [0, 0.05) is 35.2 Å². The molecule has 0 aliphatic heterocycles. The van der Waals surface area contributed by atoms with Gasteiger partial charge < -0.3 is 9.84 Å². The summed E-state index contributed by atoms with van der Waals surface area (Å²) in [5.41, 5.74) is 1.30. The van der Waals surface area contributed by atoms with Gasteiger partial charge in [0.2, 0.25) is 0 Å². The van der Waals surface area contributed by atoms with Crippen molar-refractivity contribution in [2.45, 2.75) is 51.7 Å². The predicted molar refractivity (Wildman–Crippen MR) is 139 cm³/mol. The molecule has 0 saturated carbocycles. The number of pyridine rings is 1. The van der Waals surface area contributed by atoms with E-state index in [9.17, 15) is 14.0 Å². The van der Waals surface area contributed by atoms with Crippen LogP contribution in [0.4, 0.5) is 20.7 Å². The minimum atomic E-state index is -0.695. The largest absolute Gasteiger partial charge is 0.359 e. The maximum atomic E-state index is 14.8. The Morgan fingerprint density at radius 1 is 1.17 bits per heavy atom. The molecule has 11 heteroatoms. The van der Waals surface area contributed by atoms with Crippen LogP contribution in [0.3, 0.4) is 0 Å². The van der Waals surface area contributed by atoms with E-state index in [4.69, 9.17) is 4.52 Å². The van der Waals surface area contributed by atoms with Gasteiger partial charge in [-0.2, -0.15) is 0 Å². The van der Waals surface area contributed by atoms with Gasteiger partial charge in [-0.1, -0.05) is 37.7 Å². The van der Waals surface area contributed by atoms with E-state index in [0.29, 0.717) is 45.2 Å². The molecular formula is C25H27FN6O3S. The standard InChI is InChI=1S/C25H27FN6O3S/c1-7-32-21-14(12-27-24(30-21)36-6)9-16(22(32)33)15-10-18(17(26)8-13(15)2)28-23(34)29-20-11-19(35-31-20)25(3,4)5/h8-12H,7H2,1-6H3,(H2,28,29,31,34). The van der Waals surface area contributed by atoms with Crippen LogP contribution in [0.2, 0.25) is 0 Å². The highest BCUT2D eigenvalue weighted by Gasteiger charge is 2.21. The molecule has 0 spiro atoms. The molecule has 4 rings (SSSR count). The third-order valence-corrected chi connectivity index (χ3v) is 6.21. The Hall–Kier alpha value is -3.73. The number of amides is 2. The number of nitrogens with one attached hydrogen (secondary N) is 2. The van der Waals surface area contributed by atoms with Crippen molar-refractivity contribution in [3.8, 4) is 11.1 Å². The number of aryl methyl sites for hydroxylation is 2. The molecule has 1 aromatic carbocycles. The number of thioether (sulfide) groups is 1. The van der Waals surface area contributed by atoms with Crippen LogP contribution in [-0.2, 0) is 12.0 Å². The van der Waals surface area contributed by atoms with E-state index in [2.05, 4.69) is 25.8 Å². The summed E-state index contributed by atoms with van der Waals surface area (Å²) < 4.78 is 21.6. The van der Waals surface area contributed by atoms with Crippen molar-refractivity contribution in [1.29, 1.82) is 0 Å². The first-order chi connectivity index (χ1) is 17.0. The van der Waals surface area contributed by atoms with Gasteiger partial charge in [0.05, 0.1) is 5.69 Å². The van der Waals surface area contributed by atoms with E-state index in [-0.39, 0.29) is 22.5 Å². The molecule has 0 atom stereocenters. The topological polar surface area (TPSA) is 115 Å². The molecule has 0 fully saturated rings. The molecule has 2 N–H and O–H groups in total. The summed E-state index contributed by atoms with van der Waals surface area (Å²) in [6.07, 6.45) is 3.53. The molecular weight excluding hydrogens is 483 g/mol. The number of rotatable bonds is 5. The smallest absolute Gasteiger partial charge is 0.325 e. The number of anilines is 2. The lowest BCUT2D eigenvalue weighted by molar-refractivity contribution is 0.261. The van der Waals surface area contributed by atoms with Crippen LogP contribution in [0, 0.1) is 12.7 Å². The number of hydrogen-bond donors (Lipinski definition) is 2. The molecule has 0 bridgehead atoms. The zero-order valence-electron chi connectivity index (χ0n) is 20.9. The molecule has 3 heterocycles.